The van der Waals surface area contributed by atoms with Gasteiger partial charge in [-0.2, -0.15) is 0 Å². The number of rotatable bonds is 5. The van der Waals surface area contributed by atoms with Crippen molar-refractivity contribution < 1.29 is 20.1 Å². The lowest BCUT2D eigenvalue weighted by atomic mass is 10.0. The molecule has 0 fully saturated rings. The molecule has 0 saturated heterocycles. The first kappa shape index (κ1) is 23.1. The largest absolute Gasteiger partial charge is 0.508 e. The molecule has 0 aliphatic carbocycles. The minimum absolute atomic E-state index is 0.185. The van der Waals surface area contributed by atoms with E-state index in [0.29, 0.717) is 11.5 Å². The third-order valence-electron chi connectivity index (χ3n) is 6.20. The fourth-order valence-corrected chi connectivity index (χ4v) is 3.99. The summed E-state index contributed by atoms with van der Waals surface area (Å²) in [6, 6.07) is 20.5. The monoisotopic (exact) mass is 455 g/mol. The number of aryl methyl sites for hydroxylation is 3. The average Bonchev–Trinajstić information content (AvgIpc) is 2.82. The van der Waals surface area contributed by atoms with Gasteiger partial charge in [-0.1, -0.05) is 18.2 Å². The van der Waals surface area contributed by atoms with Gasteiger partial charge >= 0.3 is 0 Å². The van der Waals surface area contributed by atoms with Crippen LogP contribution in [0.5, 0.6) is 28.7 Å². The zero-order valence-electron chi connectivity index (χ0n) is 20.0. The van der Waals surface area contributed by atoms with Gasteiger partial charge in [0.2, 0.25) is 0 Å². The summed E-state index contributed by atoms with van der Waals surface area (Å²) in [6.07, 6.45) is 0. The van der Waals surface area contributed by atoms with Crippen molar-refractivity contribution in [1.29, 1.82) is 0 Å². The molecule has 174 valence electrons. The van der Waals surface area contributed by atoms with E-state index in [1.54, 1.807) is 12.1 Å². The van der Waals surface area contributed by atoms with Crippen molar-refractivity contribution in [2.24, 2.45) is 0 Å². The van der Waals surface area contributed by atoms with Crippen LogP contribution in [0.2, 0.25) is 0 Å². The van der Waals surface area contributed by atoms with Crippen molar-refractivity contribution in [1.82, 2.24) is 0 Å². The predicted molar refractivity (Wildman–Crippen MR) is 136 cm³/mol. The fraction of sp³-hybridized carbons (Fsp3) is 0.172. The maximum Gasteiger partial charge on any atom is 0.131 e. The summed E-state index contributed by atoms with van der Waals surface area (Å²) in [5.74, 6) is 1.85. The molecule has 0 bridgehead atoms. The molecule has 0 aromatic heterocycles. The van der Waals surface area contributed by atoms with E-state index in [1.165, 1.54) is 0 Å². The quantitative estimate of drug-likeness (QED) is 0.289. The van der Waals surface area contributed by atoms with Crippen molar-refractivity contribution in [2.75, 3.05) is 4.90 Å². The number of phenolic OH excluding ortho intramolecular Hbond substituents is 3. The molecule has 5 nitrogen and oxygen atoms in total. The van der Waals surface area contributed by atoms with Crippen LogP contribution in [0.4, 0.5) is 17.1 Å². The van der Waals surface area contributed by atoms with Gasteiger partial charge in [0.15, 0.2) is 0 Å². The Bertz CT molecular complexity index is 1300. The lowest BCUT2D eigenvalue weighted by Gasteiger charge is -2.29. The molecule has 0 heterocycles. The molecule has 4 aromatic rings. The SMILES string of the molecule is Cc1ccc(Oc2ccc(N(c3ccc(C)c(O)c3C)c3ccc(C)c(O)c3C)cc2)cc1O. The maximum absolute atomic E-state index is 10.6. The highest BCUT2D eigenvalue weighted by Crippen LogP contribution is 2.44. The second kappa shape index (κ2) is 9.02. The van der Waals surface area contributed by atoms with Crippen LogP contribution in [0.3, 0.4) is 0 Å². The van der Waals surface area contributed by atoms with E-state index in [0.717, 1.165) is 44.9 Å². The van der Waals surface area contributed by atoms with Gasteiger partial charge in [0.05, 0.1) is 11.4 Å². The molecule has 0 atom stereocenters. The van der Waals surface area contributed by atoms with E-state index in [-0.39, 0.29) is 17.2 Å². The number of aromatic hydroxyl groups is 3. The van der Waals surface area contributed by atoms with E-state index in [1.807, 2.05) is 94.1 Å². The number of hydrogen-bond acceptors (Lipinski definition) is 5. The number of phenols is 3. The van der Waals surface area contributed by atoms with Crippen molar-refractivity contribution in [2.45, 2.75) is 34.6 Å². The smallest absolute Gasteiger partial charge is 0.131 e. The number of benzene rings is 4. The van der Waals surface area contributed by atoms with Crippen LogP contribution in [0.25, 0.3) is 0 Å². The standard InChI is InChI=1S/C29H29NO4/c1-17-6-11-24(16-27(17)31)34-23-12-9-22(10-13-23)30(25-14-7-18(2)28(32)20(25)4)26-15-8-19(3)29(33)21(26)5/h6-16,31-33H,1-5H3. The van der Waals surface area contributed by atoms with Gasteiger partial charge in [0.25, 0.3) is 0 Å². The van der Waals surface area contributed by atoms with Gasteiger partial charge in [0.1, 0.15) is 28.7 Å². The van der Waals surface area contributed by atoms with Gasteiger partial charge < -0.3 is 25.0 Å². The summed E-state index contributed by atoms with van der Waals surface area (Å²) >= 11 is 0. The summed E-state index contributed by atoms with van der Waals surface area (Å²) in [7, 11) is 0. The first-order chi connectivity index (χ1) is 16.2. The van der Waals surface area contributed by atoms with Gasteiger partial charge in [-0.15, -0.1) is 0 Å². The fourth-order valence-electron chi connectivity index (χ4n) is 3.99. The normalized spacial score (nSPS) is 10.9. The summed E-state index contributed by atoms with van der Waals surface area (Å²) in [5.41, 5.74) is 6.34. The third-order valence-corrected chi connectivity index (χ3v) is 6.20. The Labute approximate surface area is 200 Å². The summed E-state index contributed by atoms with van der Waals surface area (Å²) in [5, 5.41) is 31.2. The highest BCUT2D eigenvalue weighted by atomic mass is 16.5. The highest BCUT2D eigenvalue weighted by Gasteiger charge is 2.20. The van der Waals surface area contributed by atoms with Crippen LogP contribution in [0, 0.1) is 34.6 Å². The van der Waals surface area contributed by atoms with E-state index in [4.69, 9.17) is 4.74 Å². The second-order valence-corrected chi connectivity index (χ2v) is 8.63. The first-order valence-corrected chi connectivity index (χ1v) is 11.1. The van der Waals surface area contributed by atoms with Crippen molar-refractivity contribution >= 4 is 17.1 Å². The van der Waals surface area contributed by atoms with Crippen molar-refractivity contribution in [3.8, 4) is 28.7 Å². The Hall–Kier alpha value is -4.12. The van der Waals surface area contributed by atoms with Gasteiger partial charge in [-0.3, -0.25) is 0 Å². The number of hydrogen-bond donors (Lipinski definition) is 3. The minimum atomic E-state index is 0.185. The minimum Gasteiger partial charge on any atom is -0.508 e. The van der Waals surface area contributed by atoms with E-state index in [9.17, 15) is 15.3 Å². The Balaban J connectivity index is 1.79. The van der Waals surface area contributed by atoms with Crippen LogP contribution in [0.15, 0.2) is 66.7 Å². The van der Waals surface area contributed by atoms with E-state index < -0.39 is 0 Å². The zero-order chi connectivity index (χ0) is 24.6. The summed E-state index contributed by atoms with van der Waals surface area (Å²) in [6.45, 7) is 9.34. The molecule has 0 amide bonds. The maximum atomic E-state index is 10.6. The third kappa shape index (κ3) is 4.25. The number of anilines is 3. The molecule has 0 radical (unpaired) electrons. The lowest BCUT2D eigenvalue weighted by Crippen LogP contribution is -2.13. The van der Waals surface area contributed by atoms with Crippen molar-refractivity contribution in [3.05, 3.63) is 94.5 Å². The molecular weight excluding hydrogens is 426 g/mol. The van der Waals surface area contributed by atoms with E-state index >= 15 is 0 Å². The highest BCUT2D eigenvalue weighted by molar-refractivity contribution is 5.82. The predicted octanol–water partition coefficient (Wildman–Crippen LogP) is 7.61. The molecule has 34 heavy (non-hydrogen) atoms. The molecule has 5 heteroatoms. The van der Waals surface area contributed by atoms with Crippen LogP contribution in [-0.4, -0.2) is 15.3 Å². The number of nitrogens with zero attached hydrogens (tertiary/aromatic N) is 1. The van der Waals surface area contributed by atoms with Crippen LogP contribution >= 0.6 is 0 Å². The molecule has 0 saturated carbocycles. The van der Waals surface area contributed by atoms with Crippen LogP contribution in [-0.2, 0) is 0 Å². The molecule has 0 aliphatic rings. The molecule has 3 N–H and O–H groups in total. The summed E-state index contributed by atoms with van der Waals surface area (Å²) < 4.78 is 5.92. The Morgan fingerprint density at radius 2 is 1.03 bits per heavy atom. The molecule has 4 aromatic carbocycles. The Morgan fingerprint density at radius 1 is 0.559 bits per heavy atom. The van der Waals surface area contributed by atoms with Gasteiger partial charge in [-0.05, 0) is 93.8 Å². The zero-order valence-corrected chi connectivity index (χ0v) is 20.0. The Morgan fingerprint density at radius 3 is 1.53 bits per heavy atom. The molecule has 0 spiro atoms. The van der Waals surface area contributed by atoms with Crippen LogP contribution < -0.4 is 9.64 Å². The van der Waals surface area contributed by atoms with Crippen LogP contribution in [0.1, 0.15) is 27.8 Å². The van der Waals surface area contributed by atoms with Crippen molar-refractivity contribution in [3.63, 3.8) is 0 Å². The topological polar surface area (TPSA) is 73.2 Å². The summed E-state index contributed by atoms with van der Waals surface area (Å²) in [4.78, 5) is 2.02. The molecule has 4 rings (SSSR count). The second-order valence-electron chi connectivity index (χ2n) is 8.63. The Kier molecular flexibility index (Phi) is 6.12. The van der Waals surface area contributed by atoms with Gasteiger partial charge in [0, 0.05) is 22.9 Å². The van der Waals surface area contributed by atoms with E-state index in [2.05, 4.69) is 0 Å². The molecule has 0 aliphatic heterocycles. The average molecular weight is 456 g/mol. The molecule has 0 unspecified atom stereocenters. The first-order valence-electron chi connectivity index (χ1n) is 11.1. The van der Waals surface area contributed by atoms with Gasteiger partial charge in [-0.25, -0.2) is 0 Å². The lowest BCUT2D eigenvalue weighted by molar-refractivity contribution is 0.452. The number of ether oxygens (including phenoxy) is 1. The molecular formula is C29H29NO4.